The van der Waals surface area contributed by atoms with Crippen LogP contribution in [-0.4, -0.2) is 6.10 Å². The summed E-state index contributed by atoms with van der Waals surface area (Å²) in [6.07, 6.45) is 12.0. The van der Waals surface area contributed by atoms with E-state index in [-0.39, 0.29) is 17.2 Å². The Morgan fingerprint density at radius 1 is 0.542 bits per heavy atom. The quantitative estimate of drug-likeness (QED) is 0.0954. The third-order valence-corrected chi connectivity index (χ3v) is 9.44. The molecule has 0 heterocycles. The normalized spacial score (nSPS) is 11.9. The second-order valence-corrected chi connectivity index (χ2v) is 13.3. The molecule has 0 aromatic heterocycles. The molecule has 1 unspecified atom stereocenters. The van der Waals surface area contributed by atoms with Crippen molar-refractivity contribution in [1.29, 1.82) is 0 Å². The van der Waals surface area contributed by atoms with Crippen LogP contribution in [0.1, 0.15) is 84.1 Å². The predicted octanol–water partition coefficient (Wildman–Crippen LogP) is 14.1. The largest absolute Gasteiger partial charge is 0.491 e. The third-order valence-electron chi connectivity index (χ3n) is 9.13. The Morgan fingerprint density at radius 3 is 1.60 bits per heavy atom. The minimum atomic E-state index is -0.839. The molecule has 0 fully saturated rings. The average Bonchev–Trinajstić information content (AvgIpc) is 3.11. The molecule has 5 aromatic carbocycles. The van der Waals surface area contributed by atoms with Crippen molar-refractivity contribution in [3.05, 3.63) is 125 Å². The van der Waals surface area contributed by atoms with Gasteiger partial charge in [-0.3, -0.25) is 0 Å². The zero-order chi connectivity index (χ0) is 33.9. The van der Waals surface area contributed by atoms with E-state index in [1.165, 1.54) is 50.5 Å². The Balaban J connectivity index is 1.24. The van der Waals surface area contributed by atoms with E-state index < -0.39 is 11.6 Å². The number of hydrogen-bond acceptors (Lipinski definition) is 1. The van der Waals surface area contributed by atoms with Crippen molar-refractivity contribution in [3.8, 4) is 50.3 Å². The molecule has 0 spiro atoms. The Hall–Kier alpha value is -3.95. The van der Waals surface area contributed by atoms with Gasteiger partial charge in [0.25, 0.3) is 0 Å². The van der Waals surface area contributed by atoms with E-state index >= 15 is 8.78 Å². The van der Waals surface area contributed by atoms with Gasteiger partial charge < -0.3 is 4.74 Å². The van der Waals surface area contributed by atoms with Gasteiger partial charge >= 0.3 is 0 Å². The molecule has 0 saturated heterocycles. The second kappa shape index (κ2) is 17.4. The van der Waals surface area contributed by atoms with Crippen molar-refractivity contribution in [1.82, 2.24) is 0 Å². The SMILES string of the molecule is CCCCCCc1ccc(-c2ccc(-c3ccc(-c4ccc(-c5ccc(OC(C)CCCCCC)cc5)c(Cl)c4)cc3)c(F)c2F)cc1. The summed E-state index contributed by atoms with van der Waals surface area (Å²) in [6.45, 7) is 6.55. The summed E-state index contributed by atoms with van der Waals surface area (Å²) < 4.78 is 36.9. The molecule has 0 aliphatic heterocycles. The average molecular weight is 665 g/mol. The van der Waals surface area contributed by atoms with Crippen LogP contribution in [0.25, 0.3) is 44.5 Å². The number of hydrogen-bond donors (Lipinski definition) is 0. The van der Waals surface area contributed by atoms with E-state index in [0.29, 0.717) is 16.1 Å². The third kappa shape index (κ3) is 9.14. The number of unbranched alkanes of at least 4 members (excludes halogenated alkanes) is 6. The van der Waals surface area contributed by atoms with Crippen LogP contribution in [0.2, 0.25) is 5.02 Å². The Kier molecular flexibility index (Phi) is 12.9. The maximum Gasteiger partial charge on any atom is 0.167 e. The fourth-order valence-electron chi connectivity index (χ4n) is 6.24. The van der Waals surface area contributed by atoms with Crippen molar-refractivity contribution < 1.29 is 13.5 Å². The first-order valence-corrected chi connectivity index (χ1v) is 18.0. The summed E-state index contributed by atoms with van der Waals surface area (Å²) in [7, 11) is 0. The molecule has 1 nitrogen and oxygen atoms in total. The number of aryl methyl sites for hydroxylation is 1. The maximum absolute atomic E-state index is 15.4. The van der Waals surface area contributed by atoms with Crippen LogP contribution < -0.4 is 4.74 Å². The molecule has 5 rings (SSSR count). The maximum atomic E-state index is 15.4. The highest BCUT2D eigenvalue weighted by atomic mass is 35.5. The molecule has 0 bridgehead atoms. The number of rotatable bonds is 16. The van der Waals surface area contributed by atoms with E-state index in [9.17, 15) is 0 Å². The van der Waals surface area contributed by atoms with Gasteiger partial charge in [0, 0.05) is 21.7 Å². The summed E-state index contributed by atoms with van der Waals surface area (Å²) in [5, 5.41) is 0.641. The van der Waals surface area contributed by atoms with Crippen LogP contribution >= 0.6 is 11.6 Å². The van der Waals surface area contributed by atoms with Gasteiger partial charge in [0.05, 0.1) is 6.10 Å². The first-order chi connectivity index (χ1) is 23.4. The lowest BCUT2D eigenvalue weighted by Crippen LogP contribution is -2.11. The molecule has 0 N–H and O–H groups in total. The molecule has 0 saturated carbocycles. The van der Waals surface area contributed by atoms with Crippen LogP contribution in [0, 0.1) is 11.6 Å². The van der Waals surface area contributed by atoms with Gasteiger partial charge in [0.1, 0.15) is 5.75 Å². The minimum Gasteiger partial charge on any atom is -0.491 e. The van der Waals surface area contributed by atoms with Crippen LogP contribution in [0.5, 0.6) is 5.75 Å². The van der Waals surface area contributed by atoms with Gasteiger partial charge in [-0.15, -0.1) is 0 Å². The van der Waals surface area contributed by atoms with E-state index in [1.807, 2.05) is 91.0 Å². The van der Waals surface area contributed by atoms with E-state index in [4.69, 9.17) is 16.3 Å². The molecule has 5 aromatic rings. The standard InChI is InChI=1S/C44H47ClF2O/c1-4-6-8-10-12-31(3)48-38-25-22-34(23-26-38)39-27-24-37(30-42(39)45)33-18-20-36(21-19-33)41-29-28-40(43(46)44(41)47)35-16-14-32(15-17-35)13-11-9-7-5-2/h14-31H,4-13H2,1-3H3. The molecule has 0 aliphatic carbocycles. The van der Waals surface area contributed by atoms with Gasteiger partial charge in [0.2, 0.25) is 0 Å². The highest BCUT2D eigenvalue weighted by molar-refractivity contribution is 6.33. The van der Waals surface area contributed by atoms with Gasteiger partial charge in [-0.05, 0) is 84.2 Å². The number of ether oxygens (including phenoxy) is 1. The zero-order valence-electron chi connectivity index (χ0n) is 28.5. The molecule has 0 radical (unpaired) electrons. The van der Waals surface area contributed by atoms with Crippen LogP contribution in [0.3, 0.4) is 0 Å². The fraction of sp³-hybridized carbons (Fsp3) is 0.318. The van der Waals surface area contributed by atoms with Gasteiger partial charge in [0.15, 0.2) is 11.6 Å². The Bertz CT molecular complexity index is 1740. The summed E-state index contributed by atoms with van der Waals surface area (Å²) in [6, 6.07) is 32.7. The summed E-state index contributed by atoms with van der Waals surface area (Å²) >= 11 is 6.77. The highest BCUT2D eigenvalue weighted by Gasteiger charge is 2.16. The lowest BCUT2D eigenvalue weighted by atomic mass is 9.95. The van der Waals surface area contributed by atoms with E-state index in [0.717, 1.165) is 47.3 Å². The zero-order valence-corrected chi connectivity index (χ0v) is 29.3. The summed E-state index contributed by atoms with van der Waals surface area (Å²) in [5.74, 6) is -0.803. The Morgan fingerprint density at radius 2 is 1.02 bits per heavy atom. The second-order valence-electron chi connectivity index (χ2n) is 12.9. The van der Waals surface area contributed by atoms with E-state index in [1.54, 1.807) is 12.1 Å². The first kappa shape index (κ1) is 35.4. The molecule has 4 heteroatoms. The van der Waals surface area contributed by atoms with E-state index in [2.05, 4.69) is 20.8 Å². The lowest BCUT2D eigenvalue weighted by Gasteiger charge is -2.15. The summed E-state index contributed by atoms with van der Waals surface area (Å²) in [4.78, 5) is 0. The van der Waals surface area contributed by atoms with Gasteiger partial charge in [-0.25, -0.2) is 8.78 Å². The van der Waals surface area contributed by atoms with Crippen molar-refractivity contribution >= 4 is 11.6 Å². The van der Waals surface area contributed by atoms with Gasteiger partial charge in [-0.2, -0.15) is 0 Å². The molecule has 1 atom stereocenters. The number of halogens is 3. The smallest absolute Gasteiger partial charge is 0.167 e. The van der Waals surface area contributed by atoms with Crippen molar-refractivity contribution in [2.75, 3.05) is 0 Å². The first-order valence-electron chi connectivity index (χ1n) is 17.6. The molecular weight excluding hydrogens is 618 g/mol. The topological polar surface area (TPSA) is 9.23 Å². The molecular formula is C44H47ClF2O. The Labute approximate surface area is 291 Å². The lowest BCUT2D eigenvalue weighted by molar-refractivity contribution is 0.206. The molecule has 48 heavy (non-hydrogen) atoms. The minimum absolute atomic E-state index is 0.185. The van der Waals surface area contributed by atoms with Crippen molar-refractivity contribution in [2.24, 2.45) is 0 Å². The van der Waals surface area contributed by atoms with Crippen LogP contribution in [0.4, 0.5) is 8.78 Å². The fourth-order valence-corrected chi connectivity index (χ4v) is 6.53. The van der Waals surface area contributed by atoms with Crippen molar-refractivity contribution in [3.63, 3.8) is 0 Å². The summed E-state index contributed by atoms with van der Waals surface area (Å²) in [5.41, 5.74) is 6.87. The monoisotopic (exact) mass is 664 g/mol. The van der Waals surface area contributed by atoms with Crippen LogP contribution in [-0.2, 0) is 6.42 Å². The number of benzene rings is 5. The molecule has 0 aliphatic rings. The molecule has 0 amide bonds. The van der Waals surface area contributed by atoms with Crippen molar-refractivity contribution in [2.45, 2.75) is 91.1 Å². The highest BCUT2D eigenvalue weighted by Crippen LogP contribution is 2.36. The van der Waals surface area contributed by atoms with Gasteiger partial charge in [-0.1, -0.05) is 149 Å². The molecule has 250 valence electrons. The predicted molar refractivity (Wildman–Crippen MR) is 200 cm³/mol. The van der Waals surface area contributed by atoms with Crippen LogP contribution in [0.15, 0.2) is 103 Å².